The van der Waals surface area contributed by atoms with Gasteiger partial charge in [0, 0.05) is 22.9 Å². The minimum atomic E-state index is 0.196. The van der Waals surface area contributed by atoms with Crippen molar-refractivity contribution in [3.8, 4) is 5.75 Å². The summed E-state index contributed by atoms with van der Waals surface area (Å²) in [4.78, 5) is 19.1. The average molecular weight is 395 g/mol. The summed E-state index contributed by atoms with van der Waals surface area (Å²) in [5, 5.41) is 3.60. The van der Waals surface area contributed by atoms with Crippen LogP contribution >= 0.6 is 22.9 Å². The second kappa shape index (κ2) is 9.93. The first-order valence-electron chi connectivity index (χ1n) is 9.00. The molecule has 26 heavy (non-hydrogen) atoms. The number of carbonyl (C=O) groups is 1. The molecule has 0 aliphatic carbocycles. The van der Waals surface area contributed by atoms with E-state index in [1.807, 2.05) is 22.4 Å². The molecule has 1 aromatic heterocycles. The highest BCUT2D eigenvalue weighted by atomic mass is 35.5. The molecule has 0 N–H and O–H groups in total. The lowest BCUT2D eigenvalue weighted by atomic mass is 10.1. The highest BCUT2D eigenvalue weighted by Crippen LogP contribution is 2.20. The van der Waals surface area contributed by atoms with Gasteiger partial charge in [-0.1, -0.05) is 32.4 Å². The number of halogens is 1. The normalized spacial score (nSPS) is 12.2. The molecule has 0 aliphatic heterocycles. The smallest absolute Gasteiger partial charge is 0.223 e. The fourth-order valence-electron chi connectivity index (χ4n) is 2.51. The number of thiazole rings is 1. The zero-order valence-electron chi connectivity index (χ0n) is 15.9. The van der Waals surface area contributed by atoms with Crippen LogP contribution < -0.4 is 4.74 Å². The van der Waals surface area contributed by atoms with Crippen molar-refractivity contribution in [2.24, 2.45) is 5.92 Å². The zero-order valence-corrected chi connectivity index (χ0v) is 17.4. The van der Waals surface area contributed by atoms with Crippen molar-refractivity contribution in [2.75, 3.05) is 0 Å². The predicted molar refractivity (Wildman–Crippen MR) is 108 cm³/mol. The van der Waals surface area contributed by atoms with Crippen molar-refractivity contribution < 1.29 is 9.53 Å². The van der Waals surface area contributed by atoms with Gasteiger partial charge in [-0.3, -0.25) is 4.79 Å². The third-order valence-electron chi connectivity index (χ3n) is 4.13. The molecule has 4 nitrogen and oxygen atoms in total. The minimum absolute atomic E-state index is 0.196. The second-order valence-electron chi connectivity index (χ2n) is 6.85. The van der Waals surface area contributed by atoms with Gasteiger partial charge in [0.2, 0.25) is 5.91 Å². The Morgan fingerprint density at radius 3 is 2.58 bits per heavy atom. The lowest BCUT2D eigenvalue weighted by Gasteiger charge is -2.28. The Morgan fingerprint density at radius 2 is 1.96 bits per heavy atom. The summed E-state index contributed by atoms with van der Waals surface area (Å²) in [7, 11) is 0. The van der Waals surface area contributed by atoms with E-state index in [1.165, 1.54) is 0 Å². The fourth-order valence-corrected chi connectivity index (χ4v) is 3.34. The molecule has 0 spiro atoms. The number of hydrogen-bond acceptors (Lipinski definition) is 4. The van der Waals surface area contributed by atoms with Crippen molar-refractivity contribution in [1.82, 2.24) is 9.88 Å². The maximum Gasteiger partial charge on any atom is 0.223 e. The maximum atomic E-state index is 12.6. The first-order valence-corrected chi connectivity index (χ1v) is 10.3. The van der Waals surface area contributed by atoms with E-state index < -0.39 is 0 Å². The van der Waals surface area contributed by atoms with Crippen LogP contribution in [0.4, 0.5) is 0 Å². The van der Waals surface area contributed by atoms with Gasteiger partial charge in [-0.25, -0.2) is 4.98 Å². The first-order chi connectivity index (χ1) is 12.4. The lowest BCUT2D eigenvalue weighted by molar-refractivity contribution is -0.134. The lowest BCUT2D eigenvalue weighted by Crippen LogP contribution is -2.38. The summed E-state index contributed by atoms with van der Waals surface area (Å²) in [5.41, 5.74) is 0.919. The number of nitrogens with zero attached hydrogens (tertiary/aromatic N) is 2. The largest absolute Gasteiger partial charge is 0.486 e. The summed E-state index contributed by atoms with van der Waals surface area (Å²) >= 11 is 7.44. The Hall–Kier alpha value is -1.59. The van der Waals surface area contributed by atoms with E-state index in [4.69, 9.17) is 16.3 Å². The molecule has 0 saturated heterocycles. The van der Waals surface area contributed by atoms with Crippen LogP contribution in [-0.4, -0.2) is 21.8 Å². The van der Waals surface area contributed by atoms with E-state index in [0.717, 1.165) is 22.9 Å². The Labute approximate surface area is 165 Å². The minimum Gasteiger partial charge on any atom is -0.486 e. The molecule has 0 saturated carbocycles. The van der Waals surface area contributed by atoms with Crippen LogP contribution in [0.1, 0.15) is 51.2 Å². The Bertz CT molecular complexity index is 700. The van der Waals surface area contributed by atoms with Gasteiger partial charge < -0.3 is 9.64 Å². The van der Waals surface area contributed by atoms with Gasteiger partial charge in [-0.15, -0.1) is 11.3 Å². The quantitative estimate of drug-likeness (QED) is 0.560. The van der Waals surface area contributed by atoms with Gasteiger partial charge in [0.05, 0.1) is 12.2 Å². The predicted octanol–water partition coefficient (Wildman–Crippen LogP) is 5.55. The van der Waals surface area contributed by atoms with Crippen LogP contribution in [0.5, 0.6) is 5.75 Å². The van der Waals surface area contributed by atoms with Crippen LogP contribution in [0.2, 0.25) is 5.02 Å². The van der Waals surface area contributed by atoms with Crippen molar-refractivity contribution in [3.63, 3.8) is 0 Å². The zero-order chi connectivity index (χ0) is 19.1. The molecule has 1 atom stereocenters. The van der Waals surface area contributed by atoms with E-state index in [1.54, 1.807) is 23.5 Å². The average Bonchev–Trinajstić information content (AvgIpc) is 3.05. The molecular formula is C20H27ClN2O2S. The molecule has 0 radical (unpaired) electrons. The van der Waals surface area contributed by atoms with E-state index in [-0.39, 0.29) is 11.9 Å². The highest BCUT2D eigenvalue weighted by molar-refractivity contribution is 7.09. The van der Waals surface area contributed by atoms with Crippen molar-refractivity contribution in [1.29, 1.82) is 0 Å². The molecule has 1 heterocycles. The van der Waals surface area contributed by atoms with Crippen molar-refractivity contribution in [2.45, 2.75) is 59.7 Å². The number of rotatable bonds is 9. The SMILES string of the molecule is CCC(C)N(Cc1csc(COc2ccc(Cl)cc2)n1)C(=O)CC(C)C. The number of amides is 1. The van der Waals surface area contributed by atoms with Gasteiger partial charge in [-0.05, 0) is 43.5 Å². The van der Waals surface area contributed by atoms with Gasteiger partial charge in [0.15, 0.2) is 0 Å². The second-order valence-corrected chi connectivity index (χ2v) is 8.23. The van der Waals surface area contributed by atoms with Crippen LogP contribution in [0.25, 0.3) is 0 Å². The number of carbonyl (C=O) groups excluding carboxylic acids is 1. The van der Waals surface area contributed by atoms with Crippen LogP contribution in [0.3, 0.4) is 0 Å². The number of benzene rings is 1. The molecule has 1 aromatic carbocycles. The Morgan fingerprint density at radius 1 is 1.27 bits per heavy atom. The molecule has 0 bridgehead atoms. The van der Waals surface area contributed by atoms with E-state index in [2.05, 4.69) is 32.7 Å². The topological polar surface area (TPSA) is 42.4 Å². The standard InChI is InChI=1S/C20H27ClN2O2S/c1-5-15(4)23(20(24)10-14(2)3)11-17-13-26-19(22-17)12-25-18-8-6-16(21)7-9-18/h6-9,13-15H,5,10-12H2,1-4H3. The number of ether oxygens (including phenoxy) is 1. The van der Waals surface area contributed by atoms with Crippen LogP contribution in [-0.2, 0) is 17.9 Å². The summed E-state index contributed by atoms with van der Waals surface area (Å²) in [6.07, 6.45) is 1.50. The fraction of sp³-hybridized carbons (Fsp3) is 0.500. The van der Waals surface area contributed by atoms with Crippen molar-refractivity contribution in [3.05, 3.63) is 45.4 Å². The molecule has 2 rings (SSSR count). The Balaban J connectivity index is 1.97. The summed E-state index contributed by atoms with van der Waals surface area (Å²) < 4.78 is 5.74. The maximum absolute atomic E-state index is 12.6. The highest BCUT2D eigenvalue weighted by Gasteiger charge is 2.21. The van der Waals surface area contributed by atoms with Gasteiger partial charge >= 0.3 is 0 Å². The monoisotopic (exact) mass is 394 g/mol. The molecule has 2 aromatic rings. The van der Waals surface area contributed by atoms with Crippen LogP contribution in [0.15, 0.2) is 29.6 Å². The number of aromatic nitrogens is 1. The summed E-state index contributed by atoms with van der Waals surface area (Å²) in [6.45, 7) is 9.30. The van der Waals surface area contributed by atoms with E-state index in [0.29, 0.717) is 30.5 Å². The first kappa shape index (κ1) is 20.7. The molecule has 0 aliphatic rings. The van der Waals surface area contributed by atoms with Crippen molar-refractivity contribution >= 4 is 28.8 Å². The van der Waals surface area contributed by atoms with Gasteiger partial charge in [-0.2, -0.15) is 0 Å². The van der Waals surface area contributed by atoms with Crippen LogP contribution in [0, 0.1) is 5.92 Å². The molecule has 1 amide bonds. The molecule has 0 fully saturated rings. The third kappa shape index (κ3) is 6.29. The molecular weight excluding hydrogens is 368 g/mol. The van der Waals surface area contributed by atoms with E-state index >= 15 is 0 Å². The third-order valence-corrected chi connectivity index (χ3v) is 5.26. The summed E-state index contributed by atoms with van der Waals surface area (Å²) in [5.74, 6) is 1.31. The molecule has 142 valence electrons. The number of hydrogen-bond donors (Lipinski definition) is 0. The molecule has 1 unspecified atom stereocenters. The Kier molecular flexibility index (Phi) is 7.91. The van der Waals surface area contributed by atoms with Gasteiger partial charge in [0.25, 0.3) is 0 Å². The van der Waals surface area contributed by atoms with E-state index in [9.17, 15) is 4.79 Å². The van der Waals surface area contributed by atoms with Gasteiger partial charge in [0.1, 0.15) is 17.4 Å². The molecule has 6 heteroatoms. The summed E-state index contributed by atoms with van der Waals surface area (Å²) in [6, 6.07) is 7.48.